The van der Waals surface area contributed by atoms with Crippen molar-refractivity contribution in [3.05, 3.63) is 65.5 Å². The monoisotopic (exact) mass is 446 g/mol. The second kappa shape index (κ2) is 13.0. The van der Waals surface area contributed by atoms with Crippen molar-refractivity contribution in [3.8, 4) is 5.75 Å². The number of unbranched alkanes of at least 4 members (excludes halogenated alkanes) is 1. The Hall–Kier alpha value is -2.54. The van der Waals surface area contributed by atoms with Crippen LogP contribution in [0.3, 0.4) is 0 Å². The van der Waals surface area contributed by atoms with Crippen LogP contribution in [0.2, 0.25) is 0 Å². The van der Waals surface area contributed by atoms with Gasteiger partial charge in [-0.2, -0.15) is 0 Å². The van der Waals surface area contributed by atoms with E-state index in [-0.39, 0.29) is 23.4 Å². The predicted octanol–water partition coefficient (Wildman–Crippen LogP) is 4.40. The Balaban J connectivity index is 2.03. The number of thioether (sulfide) groups is 1. The second-order valence-electron chi connectivity index (χ2n) is 7.31. The maximum atomic E-state index is 13.1. The van der Waals surface area contributed by atoms with E-state index in [9.17, 15) is 14.0 Å². The molecule has 0 fully saturated rings. The van der Waals surface area contributed by atoms with E-state index in [4.69, 9.17) is 4.74 Å². The number of benzene rings is 2. The van der Waals surface area contributed by atoms with Crippen molar-refractivity contribution in [2.45, 2.75) is 45.0 Å². The van der Waals surface area contributed by atoms with E-state index in [0.717, 1.165) is 29.7 Å². The molecule has 0 spiro atoms. The van der Waals surface area contributed by atoms with Gasteiger partial charge >= 0.3 is 0 Å². The molecule has 2 amide bonds. The highest BCUT2D eigenvalue weighted by atomic mass is 32.2. The third-order valence-electron chi connectivity index (χ3n) is 4.92. The average molecular weight is 447 g/mol. The van der Waals surface area contributed by atoms with E-state index in [0.29, 0.717) is 18.8 Å². The molecule has 0 bridgehead atoms. The Morgan fingerprint density at radius 3 is 2.35 bits per heavy atom. The van der Waals surface area contributed by atoms with Crippen LogP contribution in [0.1, 0.15) is 37.8 Å². The summed E-state index contributed by atoms with van der Waals surface area (Å²) in [6.45, 7) is 4.76. The Labute approximate surface area is 188 Å². The number of carbonyl (C=O) groups excluding carboxylic acids is 2. The van der Waals surface area contributed by atoms with Crippen molar-refractivity contribution in [3.63, 3.8) is 0 Å². The minimum Gasteiger partial charge on any atom is -0.497 e. The molecule has 0 radical (unpaired) electrons. The standard InChI is InChI=1S/C24H31FN2O3S/c1-4-5-14-26-24(29)18(2)27(15-19-8-12-22(30-3)13-9-19)23(28)17-31-16-20-6-10-21(25)11-7-20/h6-13,18H,4-5,14-17H2,1-3H3,(H,26,29). The first-order valence-electron chi connectivity index (χ1n) is 10.5. The Morgan fingerprint density at radius 2 is 1.74 bits per heavy atom. The number of hydrogen-bond acceptors (Lipinski definition) is 4. The molecule has 31 heavy (non-hydrogen) atoms. The van der Waals surface area contributed by atoms with Gasteiger partial charge in [0.15, 0.2) is 0 Å². The lowest BCUT2D eigenvalue weighted by molar-refractivity contribution is -0.138. The maximum absolute atomic E-state index is 13.1. The molecule has 1 N–H and O–H groups in total. The molecule has 2 rings (SSSR count). The number of methoxy groups -OCH3 is 1. The van der Waals surface area contributed by atoms with Gasteiger partial charge in [-0.3, -0.25) is 9.59 Å². The van der Waals surface area contributed by atoms with Gasteiger partial charge in [0.25, 0.3) is 0 Å². The van der Waals surface area contributed by atoms with Crippen LogP contribution in [0.4, 0.5) is 4.39 Å². The number of nitrogens with zero attached hydrogens (tertiary/aromatic N) is 1. The third-order valence-corrected chi connectivity index (χ3v) is 5.90. The first-order valence-corrected chi connectivity index (χ1v) is 11.6. The fourth-order valence-corrected chi connectivity index (χ4v) is 3.84. The summed E-state index contributed by atoms with van der Waals surface area (Å²) in [6.07, 6.45) is 1.89. The smallest absolute Gasteiger partial charge is 0.242 e. The number of nitrogens with one attached hydrogen (secondary N) is 1. The first-order chi connectivity index (χ1) is 14.9. The third kappa shape index (κ3) is 8.25. The molecular formula is C24H31FN2O3S. The van der Waals surface area contributed by atoms with Crippen LogP contribution in [-0.4, -0.2) is 42.2 Å². The molecule has 0 saturated carbocycles. The zero-order valence-corrected chi connectivity index (χ0v) is 19.2. The van der Waals surface area contributed by atoms with Crippen molar-refractivity contribution in [1.29, 1.82) is 0 Å². The lowest BCUT2D eigenvalue weighted by Gasteiger charge is -2.29. The summed E-state index contributed by atoms with van der Waals surface area (Å²) in [5.74, 6) is 1.03. The van der Waals surface area contributed by atoms with E-state index in [1.54, 1.807) is 31.1 Å². The molecule has 5 nitrogen and oxygen atoms in total. The molecule has 0 aliphatic carbocycles. The van der Waals surface area contributed by atoms with Crippen molar-refractivity contribution >= 4 is 23.6 Å². The minimum atomic E-state index is -0.585. The molecule has 0 aliphatic heterocycles. The van der Waals surface area contributed by atoms with Crippen molar-refractivity contribution in [2.24, 2.45) is 0 Å². The Kier molecular flexibility index (Phi) is 10.4. The van der Waals surface area contributed by atoms with E-state index in [1.165, 1.54) is 23.9 Å². The predicted molar refractivity (Wildman–Crippen MR) is 123 cm³/mol. The van der Waals surface area contributed by atoms with Gasteiger partial charge in [-0.25, -0.2) is 4.39 Å². The number of rotatable bonds is 12. The van der Waals surface area contributed by atoms with Crippen LogP contribution < -0.4 is 10.1 Å². The van der Waals surface area contributed by atoms with Crippen LogP contribution in [0.5, 0.6) is 5.75 Å². The minimum absolute atomic E-state index is 0.110. The summed E-state index contributed by atoms with van der Waals surface area (Å²) >= 11 is 1.45. The normalized spacial score (nSPS) is 11.6. The van der Waals surface area contributed by atoms with Crippen molar-refractivity contribution in [2.75, 3.05) is 19.4 Å². The molecule has 0 saturated heterocycles. The van der Waals surface area contributed by atoms with Crippen LogP contribution in [0, 0.1) is 5.82 Å². The summed E-state index contributed by atoms with van der Waals surface area (Å²) in [7, 11) is 1.60. The van der Waals surface area contributed by atoms with Crippen LogP contribution >= 0.6 is 11.8 Å². The van der Waals surface area contributed by atoms with E-state index in [2.05, 4.69) is 12.2 Å². The number of hydrogen-bond donors (Lipinski definition) is 1. The molecule has 7 heteroatoms. The number of ether oxygens (including phenoxy) is 1. The molecule has 0 heterocycles. The summed E-state index contributed by atoms with van der Waals surface area (Å²) in [4.78, 5) is 27.3. The highest BCUT2D eigenvalue weighted by molar-refractivity contribution is 7.99. The van der Waals surface area contributed by atoms with Gasteiger partial charge < -0.3 is 15.0 Å². The van der Waals surface area contributed by atoms with Crippen LogP contribution in [-0.2, 0) is 21.9 Å². The molecule has 1 unspecified atom stereocenters. The zero-order valence-electron chi connectivity index (χ0n) is 18.4. The van der Waals surface area contributed by atoms with Gasteiger partial charge in [-0.05, 0) is 48.7 Å². The lowest BCUT2D eigenvalue weighted by atomic mass is 10.1. The van der Waals surface area contributed by atoms with Gasteiger partial charge in [0.2, 0.25) is 11.8 Å². The topological polar surface area (TPSA) is 58.6 Å². The van der Waals surface area contributed by atoms with Gasteiger partial charge in [-0.1, -0.05) is 37.6 Å². The molecule has 168 valence electrons. The summed E-state index contributed by atoms with van der Waals surface area (Å²) < 4.78 is 18.3. The summed E-state index contributed by atoms with van der Waals surface area (Å²) in [5, 5.41) is 2.91. The van der Waals surface area contributed by atoms with Crippen molar-refractivity contribution in [1.82, 2.24) is 10.2 Å². The highest BCUT2D eigenvalue weighted by Gasteiger charge is 2.25. The zero-order chi connectivity index (χ0) is 22.6. The Morgan fingerprint density at radius 1 is 1.10 bits per heavy atom. The number of carbonyl (C=O) groups is 2. The van der Waals surface area contributed by atoms with E-state index < -0.39 is 6.04 Å². The van der Waals surface area contributed by atoms with Gasteiger partial charge in [0.1, 0.15) is 17.6 Å². The molecule has 2 aromatic carbocycles. The molecule has 1 atom stereocenters. The maximum Gasteiger partial charge on any atom is 0.242 e. The average Bonchev–Trinajstić information content (AvgIpc) is 2.78. The molecular weight excluding hydrogens is 415 g/mol. The SMILES string of the molecule is CCCCNC(=O)C(C)N(Cc1ccc(OC)cc1)C(=O)CSCc1ccc(F)cc1. The Bertz CT molecular complexity index is 828. The van der Waals surface area contributed by atoms with Gasteiger partial charge in [0, 0.05) is 18.8 Å². The summed E-state index contributed by atoms with van der Waals surface area (Å²) in [5.41, 5.74) is 1.87. The quantitative estimate of drug-likeness (QED) is 0.491. The lowest BCUT2D eigenvalue weighted by Crippen LogP contribution is -2.48. The van der Waals surface area contributed by atoms with E-state index >= 15 is 0 Å². The van der Waals surface area contributed by atoms with Gasteiger partial charge in [-0.15, -0.1) is 11.8 Å². The van der Waals surface area contributed by atoms with Crippen LogP contribution in [0.15, 0.2) is 48.5 Å². The number of amides is 2. The highest BCUT2D eigenvalue weighted by Crippen LogP contribution is 2.18. The second-order valence-corrected chi connectivity index (χ2v) is 8.30. The number of halogens is 1. The first kappa shape index (κ1) is 24.7. The fourth-order valence-electron chi connectivity index (χ4n) is 2.97. The van der Waals surface area contributed by atoms with Gasteiger partial charge in [0.05, 0.1) is 12.9 Å². The van der Waals surface area contributed by atoms with E-state index in [1.807, 2.05) is 24.3 Å². The summed E-state index contributed by atoms with van der Waals surface area (Å²) in [6, 6.07) is 13.1. The van der Waals surface area contributed by atoms with Crippen molar-refractivity contribution < 1.29 is 18.7 Å². The largest absolute Gasteiger partial charge is 0.497 e. The molecule has 2 aromatic rings. The molecule has 0 aliphatic rings. The molecule has 0 aromatic heterocycles. The van der Waals surface area contributed by atoms with Crippen LogP contribution in [0.25, 0.3) is 0 Å². The fraction of sp³-hybridized carbons (Fsp3) is 0.417.